The van der Waals surface area contributed by atoms with Gasteiger partial charge in [0.1, 0.15) is 25.4 Å². The fourth-order valence-corrected chi connectivity index (χ4v) is 1.57. The van der Waals surface area contributed by atoms with Crippen LogP contribution in [0.15, 0.2) is 36.9 Å². The molecular formula is C17H17O8-. The Bertz CT molecular complexity index is 582. The van der Waals surface area contributed by atoms with E-state index in [1.807, 2.05) is 0 Å². The summed E-state index contributed by atoms with van der Waals surface area (Å²) in [7, 11) is 0. The molecule has 8 nitrogen and oxygen atoms in total. The van der Waals surface area contributed by atoms with Gasteiger partial charge in [0.15, 0.2) is 0 Å². The summed E-state index contributed by atoms with van der Waals surface area (Å²) >= 11 is 0. The van der Waals surface area contributed by atoms with Gasteiger partial charge in [-0.1, -0.05) is 6.58 Å². The highest BCUT2D eigenvalue weighted by molar-refractivity contribution is 5.93. The van der Waals surface area contributed by atoms with E-state index in [0.717, 1.165) is 6.08 Å². The standard InChI is InChI=1S/C14H14O6.C3H4O2/c15-13(19-7-11-5-17-11)9-1-2-10(4-3-9)14(16)20-8-12-6-18-12;1-2-3(4)5/h1-4,11-12H,5-8H2;2H,1H2,(H,4,5)/p-1. The van der Waals surface area contributed by atoms with Gasteiger partial charge >= 0.3 is 11.9 Å². The van der Waals surface area contributed by atoms with Crippen molar-refractivity contribution in [2.24, 2.45) is 0 Å². The summed E-state index contributed by atoms with van der Waals surface area (Å²) in [6.45, 7) is 4.72. The average molecular weight is 349 g/mol. The van der Waals surface area contributed by atoms with Crippen LogP contribution in [-0.4, -0.2) is 56.5 Å². The molecule has 2 saturated heterocycles. The van der Waals surface area contributed by atoms with Gasteiger partial charge in [-0.05, 0) is 30.3 Å². The predicted octanol–water partition coefficient (Wildman–Crippen LogP) is -0.280. The van der Waals surface area contributed by atoms with Crippen LogP contribution in [0.25, 0.3) is 0 Å². The van der Waals surface area contributed by atoms with Gasteiger partial charge in [-0.2, -0.15) is 0 Å². The van der Waals surface area contributed by atoms with Gasteiger partial charge in [0, 0.05) is 0 Å². The van der Waals surface area contributed by atoms with E-state index in [0.29, 0.717) is 24.3 Å². The summed E-state index contributed by atoms with van der Waals surface area (Å²) in [5.41, 5.74) is 0.792. The summed E-state index contributed by atoms with van der Waals surface area (Å²) in [6.07, 6.45) is 0.802. The minimum absolute atomic E-state index is 0.0397. The largest absolute Gasteiger partial charge is 0.545 e. The predicted molar refractivity (Wildman–Crippen MR) is 81.7 cm³/mol. The molecule has 2 unspecified atom stereocenters. The minimum atomic E-state index is -1.23. The van der Waals surface area contributed by atoms with Crippen molar-refractivity contribution in [1.82, 2.24) is 0 Å². The molecule has 0 bridgehead atoms. The second-order valence-corrected chi connectivity index (χ2v) is 5.21. The smallest absolute Gasteiger partial charge is 0.338 e. The van der Waals surface area contributed by atoms with Crippen molar-refractivity contribution in [3.8, 4) is 0 Å². The molecule has 3 rings (SSSR count). The number of carboxylic acids is 1. The highest BCUT2D eigenvalue weighted by Gasteiger charge is 2.25. The number of benzene rings is 1. The van der Waals surface area contributed by atoms with E-state index < -0.39 is 17.9 Å². The highest BCUT2D eigenvalue weighted by Crippen LogP contribution is 2.13. The van der Waals surface area contributed by atoms with E-state index in [1.54, 1.807) is 24.3 Å². The van der Waals surface area contributed by atoms with E-state index >= 15 is 0 Å². The number of hydrogen-bond acceptors (Lipinski definition) is 8. The van der Waals surface area contributed by atoms with Gasteiger partial charge in [0.05, 0.1) is 30.3 Å². The Morgan fingerprint density at radius 3 is 1.56 bits per heavy atom. The number of ether oxygens (including phenoxy) is 4. The van der Waals surface area contributed by atoms with Crippen LogP contribution in [0.3, 0.4) is 0 Å². The lowest BCUT2D eigenvalue weighted by Gasteiger charge is -2.05. The zero-order valence-corrected chi connectivity index (χ0v) is 13.3. The molecule has 1 aromatic rings. The first-order valence-corrected chi connectivity index (χ1v) is 7.50. The van der Waals surface area contributed by atoms with Crippen molar-refractivity contribution >= 4 is 17.9 Å². The first-order valence-electron chi connectivity index (χ1n) is 7.50. The Morgan fingerprint density at radius 2 is 1.32 bits per heavy atom. The second-order valence-electron chi connectivity index (χ2n) is 5.21. The van der Waals surface area contributed by atoms with Gasteiger partial charge in [0.2, 0.25) is 0 Å². The van der Waals surface area contributed by atoms with E-state index in [1.165, 1.54) is 0 Å². The van der Waals surface area contributed by atoms with E-state index in [4.69, 9.17) is 28.8 Å². The number of rotatable bonds is 7. The average Bonchev–Trinajstić information content (AvgIpc) is 3.52. The Kier molecular flexibility index (Phi) is 6.67. The third-order valence-corrected chi connectivity index (χ3v) is 3.13. The molecule has 0 amide bonds. The molecule has 0 spiro atoms. The number of hydrogen-bond donors (Lipinski definition) is 0. The Balaban J connectivity index is 0.000000399. The van der Waals surface area contributed by atoms with Crippen molar-refractivity contribution in [3.63, 3.8) is 0 Å². The Labute approximate surface area is 143 Å². The van der Waals surface area contributed by atoms with Crippen LogP contribution < -0.4 is 5.11 Å². The van der Waals surface area contributed by atoms with Crippen LogP contribution >= 0.6 is 0 Å². The lowest BCUT2D eigenvalue weighted by Crippen LogP contribution is -2.17. The third-order valence-electron chi connectivity index (χ3n) is 3.13. The van der Waals surface area contributed by atoms with E-state index in [-0.39, 0.29) is 25.4 Å². The molecule has 2 fully saturated rings. The number of esters is 2. The topological polar surface area (TPSA) is 118 Å². The monoisotopic (exact) mass is 349 g/mol. The number of carbonyl (C=O) groups excluding carboxylic acids is 3. The molecule has 2 aliphatic heterocycles. The second kappa shape index (κ2) is 8.95. The van der Waals surface area contributed by atoms with E-state index in [9.17, 15) is 9.59 Å². The maximum absolute atomic E-state index is 11.7. The molecule has 8 heteroatoms. The lowest BCUT2D eigenvalue weighted by atomic mass is 10.1. The summed E-state index contributed by atoms with van der Waals surface area (Å²) < 4.78 is 20.0. The van der Waals surface area contributed by atoms with Crippen molar-refractivity contribution in [2.45, 2.75) is 12.2 Å². The number of carboxylic acid groups (broad SMARTS) is 1. The fourth-order valence-electron chi connectivity index (χ4n) is 1.57. The van der Waals surface area contributed by atoms with Crippen molar-refractivity contribution < 1.29 is 38.4 Å². The molecule has 2 atom stereocenters. The molecule has 0 N–H and O–H groups in total. The number of epoxide rings is 2. The molecule has 2 aliphatic rings. The van der Waals surface area contributed by atoms with Crippen LogP contribution in [0.1, 0.15) is 20.7 Å². The SMILES string of the molecule is C=CC(=O)[O-].O=C(OCC1CO1)c1ccc(C(=O)OCC2CO2)cc1. The van der Waals surface area contributed by atoms with Crippen molar-refractivity contribution in [2.75, 3.05) is 26.4 Å². The number of carbonyl (C=O) groups is 3. The molecule has 0 radical (unpaired) electrons. The van der Waals surface area contributed by atoms with Crippen molar-refractivity contribution in [3.05, 3.63) is 48.0 Å². The lowest BCUT2D eigenvalue weighted by molar-refractivity contribution is -0.297. The van der Waals surface area contributed by atoms with E-state index in [2.05, 4.69) is 6.58 Å². The Morgan fingerprint density at radius 1 is 1.00 bits per heavy atom. The molecule has 2 heterocycles. The molecular weight excluding hydrogens is 332 g/mol. The maximum Gasteiger partial charge on any atom is 0.338 e. The summed E-state index contributed by atoms with van der Waals surface area (Å²) in [5.74, 6) is -2.08. The third kappa shape index (κ3) is 7.15. The zero-order chi connectivity index (χ0) is 18.2. The fraction of sp³-hybridized carbons (Fsp3) is 0.353. The van der Waals surface area contributed by atoms with Gasteiger partial charge in [-0.3, -0.25) is 0 Å². The quantitative estimate of drug-likeness (QED) is 0.375. The van der Waals surface area contributed by atoms with Crippen LogP contribution in [0.5, 0.6) is 0 Å². The van der Waals surface area contributed by atoms with Gasteiger partial charge in [-0.25, -0.2) is 9.59 Å². The van der Waals surface area contributed by atoms with Crippen LogP contribution in [-0.2, 0) is 23.7 Å². The molecule has 1 aromatic carbocycles. The molecule has 0 aromatic heterocycles. The first kappa shape index (κ1) is 18.6. The highest BCUT2D eigenvalue weighted by atomic mass is 16.6. The summed E-state index contributed by atoms with van der Waals surface area (Å²) in [4.78, 5) is 32.5. The Hall–Kier alpha value is -2.71. The maximum atomic E-state index is 11.7. The minimum Gasteiger partial charge on any atom is -0.545 e. The summed E-state index contributed by atoms with van der Waals surface area (Å²) in [6, 6.07) is 6.17. The normalized spacial score (nSPS) is 19.7. The summed E-state index contributed by atoms with van der Waals surface area (Å²) in [5, 5.41) is 9.14. The molecule has 0 saturated carbocycles. The van der Waals surface area contributed by atoms with Crippen LogP contribution in [0.2, 0.25) is 0 Å². The molecule has 0 aliphatic carbocycles. The van der Waals surface area contributed by atoms with Gasteiger partial charge in [-0.15, -0.1) is 0 Å². The van der Waals surface area contributed by atoms with Gasteiger partial charge < -0.3 is 28.8 Å². The first-order chi connectivity index (χ1) is 12.0. The molecule has 25 heavy (non-hydrogen) atoms. The van der Waals surface area contributed by atoms with Crippen LogP contribution in [0, 0.1) is 0 Å². The van der Waals surface area contributed by atoms with Gasteiger partial charge in [0.25, 0.3) is 0 Å². The molecule has 134 valence electrons. The van der Waals surface area contributed by atoms with Crippen molar-refractivity contribution in [1.29, 1.82) is 0 Å². The van der Waals surface area contributed by atoms with Crippen LogP contribution in [0.4, 0.5) is 0 Å². The number of aliphatic carboxylic acids is 1. The zero-order valence-electron chi connectivity index (χ0n) is 13.3.